The van der Waals surface area contributed by atoms with Crippen LogP contribution in [0.3, 0.4) is 0 Å². The smallest absolute Gasteiger partial charge is 0.231 e. The number of allylic oxidation sites excluding steroid dienone is 2. The Balaban J connectivity index is 1.63. The third-order valence-corrected chi connectivity index (χ3v) is 8.71. The summed E-state index contributed by atoms with van der Waals surface area (Å²) in [6, 6.07) is 10.2. The minimum absolute atomic E-state index is 0.00243. The minimum Gasteiger partial charge on any atom is -0.392 e. The molecule has 1 spiro atoms. The zero-order valence-electron chi connectivity index (χ0n) is 19.3. The average molecular weight is 434 g/mol. The van der Waals surface area contributed by atoms with Gasteiger partial charge in [-0.1, -0.05) is 68.5 Å². The fourth-order valence-electron chi connectivity index (χ4n) is 7.51. The molecule has 4 aliphatic rings. The van der Waals surface area contributed by atoms with Crippen LogP contribution in [0.2, 0.25) is 0 Å². The number of nitrogens with one attached hydrogen (secondary N) is 1. The van der Waals surface area contributed by atoms with Gasteiger partial charge in [-0.15, -0.1) is 0 Å². The molecule has 1 amide bonds. The van der Waals surface area contributed by atoms with E-state index in [1.807, 2.05) is 18.2 Å². The highest BCUT2D eigenvalue weighted by atomic mass is 16.3. The van der Waals surface area contributed by atoms with E-state index in [0.717, 1.165) is 24.0 Å². The van der Waals surface area contributed by atoms with Gasteiger partial charge in [0.25, 0.3) is 0 Å². The summed E-state index contributed by atoms with van der Waals surface area (Å²) in [6.45, 7) is 10.7. The van der Waals surface area contributed by atoms with Crippen molar-refractivity contribution in [1.82, 2.24) is 5.32 Å². The van der Waals surface area contributed by atoms with Gasteiger partial charge in [-0.25, -0.2) is 0 Å². The van der Waals surface area contributed by atoms with Gasteiger partial charge in [0.2, 0.25) is 5.91 Å². The molecule has 1 heterocycles. The SMILES string of the molecule is C=C1[C@@H](C)[C@H]2[C@H](Cc3ccccc3)NC(=O)[C@]23C=C2/C=C(/C)C[C@@H](C)C[C@@H](O)[C@@H]2[C@H]3[C@@H]1O. The maximum absolute atomic E-state index is 13.8. The number of rotatable bonds is 2. The van der Waals surface area contributed by atoms with E-state index in [4.69, 9.17) is 0 Å². The Labute approximate surface area is 191 Å². The van der Waals surface area contributed by atoms with Crippen molar-refractivity contribution in [3.05, 3.63) is 71.3 Å². The lowest BCUT2D eigenvalue weighted by atomic mass is 9.53. The van der Waals surface area contributed by atoms with Crippen LogP contribution in [0, 0.1) is 35.0 Å². The first-order chi connectivity index (χ1) is 15.2. The summed E-state index contributed by atoms with van der Waals surface area (Å²) in [6.07, 6.45) is 5.28. The topological polar surface area (TPSA) is 69.6 Å². The average Bonchev–Trinajstić information content (AvgIpc) is 3.20. The molecule has 32 heavy (non-hydrogen) atoms. The van der Waals surface area contributed by atoms with E-state index in [9.17, 15) is 15.0 Å². The zero-order chi connectivity index (χ0) is 22.8. The first-order valence-corrected chi connectivity index (χ1v) is 12.0. The largest absolute Gasteiger partial charge is 0.392 e. The fraction of sp³-hybridized carbons (Fsp3) is 0.536. The number of carbonyl (C=O) groups is 1. The number of hydrogen-bond donors (Lipinski definition) is 3. The minimum atomic E-state index is -0.815. The van der Waals surface area contributed by atoms with Crippen LogP contribution in [0.15, 0.2) is 65.8 Å². The number of benzene rings is 1. The van der Waals surface area contributed by atoms with Crippen molar-refractivity contribution >= 4 is 5.91 Å². The number of hydrogen-bond acceptors (Lipinski definition) is 3. The summed E-state index contributed by atoms with van der Waals surface area (Å²) < 4.78 is 0. The van der Waals surface area contributed by atoms with Gasteiger partial charge in [0.15, 0.2) is 0 Å². The first kappa shape index (κ1) is 21.7. The molecule has 0 aromatic heterocycles. The molecule has 170 valence electrons. The van der Waals surface area contributed by atoms with Crippen molar-refractivity contribution in [2.45, 2.75) is 58.3 Å². The van der Waals surface area contributed by atoms with E-state index >= 15 is 0 Å². The van der Waals surface area contributed by atoms with Crippen molar-refractivity contribution in [2.75, 3.05) is 0 Å². The molecule has 4 heteroatoms. The Kier molecular flexibility index (Phi) is 5.22. The molecular weight excluding hydrogens is 398 g/mol. The van der Waals surface area contributed by atoms with Crippen LogP contribution in [0.25, 0.3) is 0 Å². The van der Waals surface area contributed by atoms with Gasteiger partial charge in [-0.2, -0.15) is 0 Å². The second-order valence-electron chi connectivity index (χ2n) is 10.8. The second kappa shape index (κ2) is 7.71. The van der Waals surface area contributed by atoms with Gasteiger partial charge in [0, 0.05) is 23.8 Å². The highest BCUT2D eigenvalue weighted by Crippen LogP contribution is 2.63. The standard InChI is InChI=1S/C28H35NO3/c1-15-10-16(2)12-22(30)23-20(11-15)14-28-24(17(3)18(4)26(31)25(23)28)21(29-27(28)32)13-19-8-6-5-7-9-19/h5-9,11,14,16-17,21-26,30-31H,4,10,12-13H2,1-3H3,(H,29,32)/b15-11-/t16-,17-,21+,22-,23-,24+,25+,26-,28-/m1/s1. The summed E-state index contributed by atoms with van der Waals surface area (Å²) in [5, 5.41) is 26.1. The van der Waals surface area contributed by atoms with Crippen LogP contribution in [0.5, 0.6) is 0 Å². The lowest BCUT2D eigenvalue weighted by Crippen LogP contribution is -2.55. The predicted octanol–water partition coefficient (Wildman–Crippen LogP) is 3.81. The van der Waals surface area contributed by atoms with E-state index in [2.05, 4.69) is 57.0 Å². The van der Waals surface area contributed by atoms with Crippen LogP contribution < -0.4 is 5.32 Å². The molecule has 1 saturated heterocycles. The summed E-state index contributed by atoms with van der Waals surface area (Å²) in [7, 11) is 0. The summed E-state index contributed by atoms with van der Waals surface area (Å²) in [4.78, 5) is 13.8. The molecule has 3 N–H and O–H groups in total. The quantitative estimate of drug-likeness (QED) is 0.622. The molecule has 1 aromatic rings. The third-order valence-electron chi connectivity index (χ3n) is 8.71. The van der Waals surface area contributed by atoms with Gasteiger partial charge in [-0.3, -0.25) is 4.79 Å². The molecule has 1 aliphatic heterocycles. The van der Waals surface area contributed by atoms with Crippen molar-refractivity contribution < 1.29 is 15.0 Å². The van der Waals surface area contributed by atoms with Crippen LogP contribution in [-0.4, -0.2) is 34.4 Å². The van der Waals surface area contributed by atoms with Gasteiger partial charge >= 0.3 is 0 Å². The molecule has 0 bridgehead atoms. The van der Waals surface area contributed by atoms with Crippen molar-refractivity contribution in [1.29, 1.82) is 0 Å². The van der Waals surface area contributed by atoms with Gasteiger partial charge in [0.1, 0.15) is 0 Å². The molecule has 9 atom stereocenters. The Morgan fingerprint density at radius 1 is 1.16 bits per heavy atom. The number of aliphatic hydroxyl groups is 2. The Morgan fingerprint density at radius 3 is 2.59 bits per heavy atom. The molecule has 0 radical (unpaired) electrons. The fourth-order valence-corrected chi connectivity index (χ4v) is 7.51. The predicted molar refractivity (Wildman–Crippen MR) is 126 cm³/mol. The summed E-state index contributed by atoms with van der Waals surface area (Å²) in [5.74, 6) is -0.280. The van der Waals surface area contributed by atoms with E-state index in [1.54, 1.807) is 0 Å². The van der Waals surface area contributed by atoms with Crippen molar-refractivity contribution in [2.24, 2.45) is 35.0 Å². The zero-order valence-corrected chi connectivity index (χ0v) is 19.3. The van der Waals surface area contributed by atoms with Crippen LogP contribution in [0.1, 0.15) is 39.2 Å². The van der Waals surface area contributed by atoms with Crippen LogP contribution in [-0.2, 0) is 11.2 Å². The van der Waals surface area contributed by atoms with E-state index < -0.39 is 17.6 Å². The second-order valence-corrected chi connectivity index (χ2v) is 10.8. The summed E-state index contributed by atoms with van der Waals surface area (Å²) >= 11 is 0. The lowest BCUT2D eigenvalue weighted by molar-refractivity contribution is -0.136. The molecule has 2 fully saturated rings. The van der Waals surface area contributed by atoms with E-state index in [1.165, 1.54) is 11.1 Å². The maximum Gasteiger partial charge on any atom is 0.231 e. The van der Waals surface area contributed by atoms with Crippen LogP contribution >= 0.6 is 0 Å². The Hall–Kier alpha value is -2.17. The molecule has 5 rings (SSSR count). The number of aliphatic hydroxyl groups excluding tert-OH is 2. The van der Waals surface area contributed by atoms with E-state index in [0.29, 0.717) is 12.3 Å². The monoisotopic (exact) mass is 433 g/mol. The molecule has 3 aliphatic carbocycles. The van der Waals surface area contributed by atoms with Gasteiger partial charge in [0.05, 0.1) is 17.6 Å². The molecule has 4 nitrogen and oxygen atoms in total. The highest BCUT2D eigenvalue weighted by Gasteiger charge is 2.69. The van der Waals surface area contributed by atoms with Gasteiger partial charge < -0.3 is 15.5 Å². The highest BCUT2D eigenvalue weighted by molar-refractivity contribution is 5.90. The third kappa shape index (κ3) is 3.07. The van der Waals surface area contributed by atoms with Gasteiger partial charge in [-0.05, 0) is 54.7 Å². The normalized spacial score (nSPS) is 44.9. The molecule has 0 unspecified atom stereocenters. The summed E-state index contributed by atoms with van der Waals surface area (Å²) in [5.41, 5.74) is 3.46. The first-order valence-electron chi connectivity index (χ1n) is 12.0. The van der Waals surface area contributed by atoms with Crippen molar-refractivity contribution in [3.8, 4) is 0 Å². The van der Waals surface area contributed by atoms with Crippen LogP contribution in [0.4, 0.5) is 0 Å². The Morgan fingerprint density at radius 2 is 1.88 bits per heavy atom. The van der Waals surface area contributed by atoms with Crippen molar-refractivity contribution in [3.63, 3.8) is 0 Å². The maximum atomic E-state index is 13.8. The number of carbonyl (C=O) groups excluding carboxylic acids is 1. The molecule has 1 aromatic carbocycles. The Bertz CT molecular complexity index is 995. The number of fused-ring (bicyclic) bond motifs is 2. The molecule has 1 saturated carbocycles. The number of amides is 1. The van der Waals surface area contributed by atoms with E-state index in [-0.39, 0.29) is 35.6 Å². The lowest BCUT2D eigenvalue weighted by Gasteiger charge is -2.50. The molecular formula is C28H35NO3.